The van der Waals surface area contributed by atoms with Gasteiger partial charge in [0.15, 0.2) is 0 Å². The summed E-state index contributed by atoms with van der Waals surface area (Å²) in [6.45, 7) is 9.63. The van der Waals surface area contributed by atoms with Crippen molar-refractivity contribution in [3.05, 3.63) is 102 Å². The van der Waals surface area contributed by atoms with Gasteiger partial charge in [-0.2, -0.15) is 0 Å². The van der Waals surface area contributed by atoms with Gasteiger partial charge in [0.1, 0.15) is 12.1 Å². The number of fused-ring (bicyclic) bond motifs is 1. The maximum absolute atomic E-state index is 14.1. The van der Waals surface area contributed by atoms with Gasteiger partial charge in [-0.3, -0.25) is 14.5 Å². The Kier molecular flexibility index (Phi) is 10.7. The van der Waals surface area contributed by atoms with E-state index in [1.807, 2.05) is 68.4 Å². The van der Waals surface area contributed by atoms with E-state index < -0.39 is 27.8 Å². The lowest BCUT2D eigenvalue weighted by Gasteiger charge is -2.38. The summed E-state index contributed by atoms with van der Waals surface area (Å²) in [5.74, 6) is -0.628. The summed E-state index contributed by atoms with van der Waals surface area (Å²) in [4.78, 5) is 42.5. The van der Waals surface area contributed by atoms with Gasteiger partial charge < -0.3 is 15.0 Å². The highest BCUT2D eigenvalue weighted by molar-refractivity contribution is 7.89. The van der Waals surface area contributed by atoms with E-state index in [0.717, 1.165) is 5.56 Å². The van der Waals surface area contributed by atoms with Crippen LogP contribution in [-0.2, 0) is 19.6 Å². The lowest BCUT2D eigenvalue weighted by molar-refractivity contribution is -0.132. The zero-order valence-electron chi connectivity index (χ0n) is 28.6. The van der Waals surface area contributed by atoms with Crippen molar-refractivity contribution in [2.75, 3.05) is 24.5 Å². The molecule has 0 saturated carbocycles. The van der Waals surface area contributed by atoms with Gasteiger partial charge in [-0.25, -0.2) is 17.9 Å². The number of nitrogens with zero attached hydrogens (tertiary/aromatic N) is 2. The van der Waals surface area contributed by atoms with Crippen molar-refractivity contribution in [2.24, 2.45) is 5.92 Å². The van der Waals surface area contributed by atoms with Crippen molar-refractivity contribution in [2.45, 2.75) is 64.0 Å². The highest BCUT2D eigenvalue weighted by atomic mass is 32.2. The molecule has 4 aromatic carbocycles. The fraction of sp³-hybridized carbons (Fsp3) is 0.342. The highest BCUT2D eigenvalue weighted by Crippen LogP contribution is 2.38. The molecule has 4 aromatic rings. The molecule has 1 aliphatic heterocycles. The monoisotopic (exact) mass is 684 g/mol. The third-order valence-electron chi connectivity index (χ3n) is 8.67. The first-order chi connectivity index (χ1) is 23.3. The van der Waals surface area contributed by atoms with Crippen molar-refractivity contribution >= 4 is 50.1 Å². The van der Waals surface area contributed by atoms with Gasteiger partial charge in [0.2, 0.25) is 15.9 Å². The minimum atomic E-state index is -4.02. The number of alkyl carbamates (subject to hydrolysis) is 1. The molecule has 0 spiro atoms. The van der Waals surface area contributed by atoms with E-state index in [1.54, 1.807) is 67.0 Å². The van der Waals surface area contributed by atoms with Gasteiger partial charge in [-0.15, -0.1) is 0 Å². The van der Waals surface area contributed by atoms with Crippen LogP contribution in [0.4, 0.5) is 16.2 Å². The molecule has 258 valence electrons. The molecule has 0 radical (unpaired) electrons. The number of carbonyl (C=O) groups excluding carboxylic acids is 3. The average molecular weight is 685 g/mol. The molecule has 2 unspecified atom stereocenters. The van der Waals surface area contributed by atoms with Crippen molar-refractivity contribution in [1.29, 1.82) is 0 Å². The Labute approximate surface area is 288 Å². The second-order valence-corrected chi connectivity index (χ2v) is 15.0. The van der Waals surface area contributed by atoms with Crippen LogP contribution in [0.3, 0.4) is 0 Å². The fourth-order valence-electron chi connectivity index (χ4n) is 6.22. The maximum atomic E-state index is 14.1. The third kappa shape index (κ3) is 8.29. The van der Waals surface area contributed by atoms with Crippen LogP contribution in [0.5, 0.6) is 0 Å². The summed E-state index contributed by atoms with van der Waals surface area (Å²) in [7, 11) is -4.02. The molecule has 49 heavy (non-hydrogen) atoms. The molecule has 2 N–H and O–H groups in total. The number of anilines is 2. The number of amides is 3. The summed E-state index contributed by atoms with van der Waals surface area (Å²) in [6.07, 6.45) is 0.391. The lowest BCUT2D eigenvalue weighted by atomic mass is 9.90. The molecule has 3 amide bonds. The standard InChI is InChI=1S/C38H44N4O6S/c1-6-27-25-41(35(43)24-39-37(45)48-38(3,4)5)23-22-31(27)40-49(46,47)34-21-20-33(29-17-11-12-18-30(29)34)42(32-19-13-10-14-26(32)2)36(44)28-15-8-7-9-16-28/h7-21,27,31,40H,6,22-25H2,1-5H3,(H,39,45). The Morgan fingerprint density at radius 1 is 0.878 bits per heavy atom. The summed E-state index contributed by atoms with van der Waals surface area (Å²) in [6, 6.07) is 26.7. The van der Waals surface area contributed by atoms with Gasteiger partial charge in [-0.1, -0.05) is 74.0 Å². The van der Waals surface area contributed by atoms with Gasteiger partial charge in [0.25, 0.3) is 5.91 Å². The van der Waals surface area contributed by atoms with E-state index in [4.69, 9.17) is 4.74 Å². The number of piperidine rings is 1. The second-order valence-electron chi connectivity index (χ2n) is 13.3. The number of para-hydroxylation sites is 1. The summed E-state index contributed by atoms with van der Waals surface area (Å²) in [5, 5.41) is 3.61. The molecular formula is C38H44N4O6S. The summed E-state index contributed by atoms with van der Waals surface area (Å²) < 4.78 is 36.4. The molecule has 10 nitrogen and oxygen atoms in total. The maximum Gasteiger partial charge on any atom is 0.408 e. The SMILES string of the molecule is CCC1CN(C(=O)CNC(=O)OC(C)(C)C)CCC1NS(=O)(=O)c1ccc(N(C(=O)c2ccccc2)c2ccccc2C)c2ccccc12. The molecule has 11 heteroatoms. The van der Waals surface area contributed by atoms with Crippen LogP contribution < -0.4 is 14.9 Å². The van der Waals surface area contributed by atoms with Gasteiger partial charge in [0, 0.05) is 35.5 Å². The molecule has 0 bridgehead atoms. The molecular weight excluding hydrogens is 641 g/mol. The minimum Gasteiger partial charge on any atom is -0.444 e. The molecule has 1 fully saturated rings. The smallest absolute Gasteiger partial charge is 0.408 e. The first-order valence-corrected chi connectivity index (χ1v) is 18.0. The number of ether oxygens (including phenoxy) is 1. The van der Waals surface area contributed by atoms with Crippen LogP contribution >= 0.6 is 0 Å². The molecule has 2 atom stereocenters. The Bertz CT molecular complexity index is 1940. The fourth-order valence-corrected chi connectivity index (χ4v) is 7.77. The van der Waals surface area contributed by atoms with E-state index in [-0.39, 0.29) is 29.2 Å². The molecule has 1 aliphatic rings. The Morgan fingerprint density at radius 2 is 1.53 bits per heavy atom. The van der Waals surface area contributed by atoms with Crippen LogP contribution in [0.15, 0.2) is 95.9 Å². The Morgan fingerprint density at radius 3 is 2.20 bits per heavy atom. The van der Waals surface area contributed by atoms with E-state index in [1.165, 1.54) is 0 Å². The van der Waals surface area contributed by atoms with E-state index in [0.29, 0.717) is 53.6 Å². The van der Waals surface area contributed by atoms with E-state index in [2.05, 4.69) is 10.0 Å². The van der Waals surface area contributed by atoms with E-state index >= 15 is 0 Å². The zero-order valence-corrected chi connectivity index (χ0v) is 29.4. The van der Waals surface area contributed by atoms with Crippen molar-refractivity contribution in [1.82, 2.24) is 14.9 Å². The normalized spacial score (nSPS) is 16.6. The van der Waals surface area contributed by atoms with Gasteiger partial charge in [0.05, 0.1) is 16.3 Å². The average Bonchev–Trinajstić information content (AvgIpc) is 3.07. The van der Waals surface area contributed by atoms with Gasteiger partial charge in [-0.05, 0) is 75.9 Å². The van der Waals surface area contributed by atoms with Crippen LogP contribution in [-0.4, -0.2) is 62.5 Å². The number of aryl methyl sites for hydroxylation is 1. The predicted octanol–water partition coefficient (Wildman–Crippen LogP) is 6.56. The number of benzene rings is 4. The van der Waals surface area contributed by atoms with Crippen LogP contribution in [0, 0.1) is 12.8 Å². The number of carbonyl (C=O) groups is 3. The number of sulfonamides is 1. The molecule has 0 aromatic heterocycles. The van der Waals surface area contributed by atoms with Crippen molar-refractivity contribution in [3.63, 3.8) is 0 Å². The molecule has 5 rings (SSSR count). The number of hydrogen-bond donors (Lipinski definition) is 2. The minimum absolute atomic E-state index is 0.110. The first kappa shape index (κ1) is 35.6. The van der Waals surface area contributed by atoms with E-state index in [9.17, 15) is 22.8 Å². The summed E-state index contributed by atoms with van der Waals surface area (Å²) in [5.41, 5.74) is 1.98. The molecule has 1 saturated heterocycles. The predicted molar refractivity (Wildman–Crippen MR) is 191 cm³/mol. The van der Waals surface area contributed by atoms with Crippen molar-refractivity contribution < 1.29 is 27.5 Å². The molecule has 1 heterocycles. The number of likely N-dealkylation sites (tertiary alicyclic amines) is 1. The number of hydrogen-bond acceptors (Lipinski definition) is 6. The van der Waals surface area contributed by atoms with Crippen LogP contribution in [0.25, 0.3) is 10.8 Å². The quantitative estimate of drug-likeness (QED) is 0.206. The lowest BCUT2D eigenvalue weighted by Crippen LogP contribution is -2.53. The highest BCUT2D eigenvalue weighted by Gasteiger charge is 2.34. The first-order valence-electron chi connectivity index (χ1n) is 16.5. The molecule has 0 aliphatic carbocycles. The number of nitrogens with one attached hydrogen (secondary N) is 2. The largest absolute Gasteiger partial charge is 0.444 e. The van der Waals surface area contributed by atoms with Gasteiger partial charge >= 0.3 is 6.09 Å². The van der Waals surface area contributed by atoms with Crippen LogP contribution in [0.1, 0.15) is 56.5 Å². The third-order valence-corrected chi connectivity index (χ3v) is 10.2. The topological polar surface area (TPSA) is 125 Å². The Hall–Kier alpha value is -4.74. The summed E-state index contributed by atoms with van der Waals surface area (Å²) >= 11 is 0. The van der Waals surface area contributed by atoms with Crippen molar-refractivity contribution in [3.8, 4) is 0 Å². The second kappa shape index (κ2) is 14.8. The van der Waals surface area contributed by atoms with Crippen LogP contribution in [0.2, 0.25) is 0 Å². The zero-order chi connectivity index (χ0) is 35.3. The Balaban J connectivity index is 1.40. The number of rotatable bonds is 9.